The molecule has 0 heterocycles. The van der Waals surface area contributed by atoms with Crippen molar-refractivity contribution in [1.82, 2.24) is 0 Å². The van der Waals surface area contributed by atoms with Crippen LogP contribution in [0.3, 0.4) is 0 Å². The lowest BCUT2D eigenvalue weighted by molar-refractivity contribution is 0.306. The van der Waals surface area contributed by atoms with Crippen molar-refractivity contribution < 1.29 is 4.74 Å². The molecule has 0 bridgehead atoms. The number of benzene rings is 2. The van der Waals surface area contributed by atoms with Crippen molar-refractivity contribution in [2.75, 3.05) is 0 Å². The predicted molar refractivity (Wildman–Crippen MR) is 71.8 cm³/mol. The summed E-state index contributed by atoms with van der Waals surface area (Å²) in [6.07, 6.45) is 0. The van der Waals surface area contributed by atoms with Crippen LogP contribution in [0.5, 0.6) is 5.75 Å². The van der Waals surface area contributed by atoms with Gasteiger partial charge in [-0.2, -0.15) is 0 Å². The molecule has 0 fully saturated rings. The third kappa shape index (κ3) is 3.39. The van der Waals surface area contributed by atoms with E-state index >= 15 is 0 Å². The van der Waals surface area contributed by atoms with E-state index in [-0.39, 0.29) is 0 Å². The Balaban J connectivity index is 2.05. The first-order chi connectivity index (χ1) is 8.29. The molecule has 0 saturated heterocycles. The fourth-order valence-electron chi connectivity index (χ4n) is 1.49. The van der Waals surface area contributed by atoms with Crippen LogP contribution in [0.1, 0.15) is 11.1 Å². The molecule has 0 unspecified atom stereocenters. The minimum Gasteiger partial charge on any atom is -0.489 e. The number of hydrogen-bond donors (Lipinski definition) is 0. The lowest BCUT2D eigenvalue weighted by Crippen LogP contribution is -1.96. The van der Waals surface area contributed by atoms with Crippen LogP contribution in [-0.2, 0) is 12.5 Å². The molecule has 0 amide bonds. The average Bonchev–Trinajstić information content (AvgIpc) is 2.38. The molecule has 0 saturated carbocycles. The smallest absolute Gasteiger partial charge is 0.120 e. The van der Waals surface area contributed by atoms with Gasteiger partial charge in [-0.3, -0.25) is 0 Å². The van der Waals surface area contributed by atoms with Crippen molar-refractivity contribution in [3.8, 4) is 5.75 Å². The first-order valence-corrected chi connectivity index (χ1v) is 6.22. The lowest BCUT2D eigenvalue weighted by Gasteiger charge is -2.08. The molecule has 3 heteroatoms. The van der Waals surface area contributed by atoms with Gasteiger partial charge >= 0.3 is 0 Å². The number of rotatable bonds is 4. The predicted octanol–water partition coefficient (Wildman–Crippen LogP) is 4.66. The molecule has 2 aromatic carbocycles. The van der Waals surface area contributed by atoms with E-state index < -0.39 is 0 Å². The normalized spacial score (nSPS) is 10.2. The van der Waals surface area contributed by atoms with E-state index in [9.17, 15) is 0 Å². The molecule has 2 aromatic rings. The Hall–Kier alpha value is -1.18. The van der Waals surface area contributed by atoms with Crippen LogP contribution in [0.15, 0.2) is 48.5 Å². The third-order valence-electron chi connectivity index (χ3n) is 2.40. The minimum absolute atomic E-state index is 0.464. The van der Waals surface area contributed by atoms with Crippen molar-refractivity contribution in [2.24, 2.45) is 0 Å². The van der Waals surface area contributed by atoms with Crippen molar-refractivity contribution in [3.63, 3.8) is 0 Å². The fourth-order valence-corrected chi connectivity index (χ4v) is 1.85. The highest BCUT2D eigenvalue weighted by Crippen LogP contribution is 2.19. The first kappa shape index (κ1) is 12.3. The minimum atomic E-state index is 0.464. The van der Waals surface area contributed by atoms with Crippen LogP contribution < -0.4 is 4.74 Å². The molecule has 88 valence electrons. The Morgan fingerprint density at radius 2 is 1.82 bits per heavy atom. The first-order valence-electron chi connectivity index (χ1n) is 5.30. The van der Waals surface area contributed by atoms with Crippen molar-refractivity contribution >= 4 is 23.2 Å². The second-order valence-electron chi connectivity index (χ2n) is 3.66. The van der Waals surface area contributed by atoms with E-state index in [0.717, 1.165) is 21.9 Å². The van der Waals surface area contributed by atoms with E-state index in [1.165, 1.54) is 0 Å². The van der Waals surface area contributed by atoms with E-state index in [1.807, 2.05) is 48.5 Å². The maximum absolute atomic E-state index is 6.05. The highest BCUT2D eigenvalue weighted by atomic mass is 35.5. The maximum Gasteiger partial charge on any atom is 0.120 e. The molecule has 0 spiro atoms. The van der Waals surface area contributed by atoms with Crippen molar-refractivity contribution in [1.29, 1.82) is 0 Å². The van der Waals surface area contributed by atoms with Gasteiger partial charge in [0.2, 0.25) is 0 Å². The van der Waals surface area contributed by atoms with Gasteiger partial charge in [0, 0.05) is 16.5 Å². The molecule has 17 heavy (non-hydrogen) atoms. The summed E-state index contributed by atoms with van der Waals surface area (Å²) in [5.41, 5.74) is 2.02. The zero-order valence-electron chi connectivity index (χ0n) is 9.20. The average molecular weight is 267 g/mol. The Bertz CT molecular complexity index is 497. The number of halogens is 2. The molecular formula is C14H12Cl2O. The molecule has 0 aliphatic carbocycles. The molecule has 0 aliphatic rings. The standard InChI is InChI=1S/C14H12Cl2O/c15-9-11-4-3-6-13(8-11)17-10-12-5-1-2-7-14(12)16/h1-8H,9-10H2. The van der Waals surface area contributed by atoms with Crippen molar-refractivity contribution in [3.05, 3.63) is 64.7 Å². The molecular weight excluding hydrogens is 255 g/mol. The second kappa shape index (κ2) is 5.95. The fraction of sp³-hybridized carbons (Fsp3) is 0.143. The molecule has 0 aliphatic heterocycles. The van der Waals surface area contributed by atoms with Crippen LogP contribution in [0.25, 0.3) is 0 Å². The van der Waals surface area contributed by atoms with E-state index in [2.05, 4.69) is 0 Å². The summed E-state index contributed by atoms with van der Waals surface area (Å²) in [7, 11) is 0. The quantitative estimate of drug-likeness (QED) is 0.732. The molecule has 0 N–H and O–H groups in total. The van der Waals surface area contributed by atoms with Gasteiger partial charge in [0.15, 0.2) is 0 Å². The number of hydrogen-bond acceptors (Lipinski definition) is 1. The van der Waals surface area contributed by atoms with Crippen molar-refractivity contribution in [2.45, 2.75) is 12.5 Å². The Kier molecular flexibility index (Phi) is 4.29. The van der Waals surface area contributed by atoms with Gasteiger partial charge < -0.3 is 4.74 Å². The lowest BCUT2D eigenvalue weighted by atomic mass is 10.2. The monoisotopic (exact) mass is 266 g/mol. The topological polar surface area (TPSA) is 9.23 Å². The van der Waals surface area contributed by atoms with Gasteiger partial charge in [-0.25, -0.2) is 0 Å². The summed E-state index contributed by atoms with van der Waals surface area (Å²) in [6, 6.07) is 15.4. The van der Waals surface area contributed by atoms with Crippen LogP contribution in [0.2, 0.25) is 5.02 Å². The van der Waals surface area contributed by atoms with E-state index in [1.54, 1.807) is 0 Å². The summed E-state index contributed by atoms with van der Waals surface area (Å²) in [4.78, 5) is 0. The number of alkyl halides is 1. The zero-order chi connectivity index (χ0) is 12.1. The van der Waals surface area contributed by atoms with Crippen LogP contribution in [0.4, 0.5) is 0 Å². The van der Waals surface area contributed by atoms with Gasteiger partial charge in [0.1, 0.15) is 12.4 Å². The molecule has 0 atom stereocenters. The molecule has 1 nitrogen and oxygen atoms in total. The van der Waals surface area contributed by atoms with E-state index in [4.69, 9.17) is 27.9 Å². The summed E-state index contributed by atoms with van der Waals surface area (Å²) in [6.45, 7) is 0.464. The zero-order valence-corrected chi connectivity index (χ0v) is 10.7. The highest BCUT2D eigenvalue weighted by molar-refractivity contribution is 6.31. The van der Waals surface area contributed by atoms with Crippen LogP contribution >= 0.6 is 23.2 Å². The van der Waals surface area contributed by atoms with Gasteiger partial charge in [0.25, 0.3) is 0 Å². The maximum atomic E-state index is 6.05. The van der Waals surface area contributed by atoms with Gasteiger partial charge in [-0.05, 0) is 23.8 Å². The van der Waals surface area contributed by atoms with Crippen LogP contribution in [-0.4, -0.2) is 0 Å². The largest absolute Gasteiger partial charge is 0.489 e. The van der Waals surface area contributed by atoms with Gasteiger partial charge in [-0.15, -0.1) is 11.6 Å². The Morgan fingerprint density at radius 3 is 2.59 bits per heavy atom. The summed E-state index contributed by atoms with van der Waals surface area (Å²) in [5, 5.41) is 0.723. The number of ether oxygens (including phenoxy) is 1. The summed E-state index contributed by atoms with van der Waals surface area (Å²) < 4.78 is 5.67. The molecule has 0 radical (unpaired) electrons. The second-order valence-corrected chi connectivity index (χ2v) is 4.34. The Labute approximate surface area is 111 Å². The third-order valence-corrected chi connectivity index (χ3v) is 3.08. The highest BCUT2D eigenvalue weighted by Gasteiger charge is 2.00. The Morgan fingerprint density at radius 1 is 1.00 bits per heavy atom. The van der Waals surface area contributed by atoms with Gasteiger partial charge in [0.05, 0.1) is 0 Å². The van der Waals surface area contributed by atoms with Crippen LogP contribution in [0, 0.1) is 0 Å². The summed E-state index contributed by atoms with van der Waals surface area (Å²) >= 11 is 11.8. The molecule has 2 rings (SSSR count). The SMILES string of the molecule is ClCc1cccc(OCc2ccccc2Cl)c1. The van der Waals surface area contributed by atoms with E-state index in [0.29, 0.717) is 12.5 Å². The van der Waals surface area contributed by atoms with Gasteiger partial charge in [-0.1, -0.05) is 41.9 Å². The summed E-state index contributed by atoms with van der Waals surface area (Å²) in [5.74, 6) is 1.30. The molecule has 0 aromatic heterocycles.